The lowest BCUT2D eigenvalue weighted by atomic mass is 9.85. The van der Waals surface area contributed by atoms with Crippen molar-refractivity contribution in [2.24, 2.45) is 0 Å². The summed E-state index contributed by atoms with van der Waals surface area (Å²) >= 11 is 0. The third kappa shape index (κ3) is 2.10. The second kappa shape index (κ2) is 5.31. The molecule has 0 N–H and O–H groups in total. The van der Waals surface area contributed by atoms with E-state index in [1.54, 1.807) is 0 Å². The van der Waals surface area contributed by atoms with Gasteiger partial charge in [0.15, 0.2) is 0 Å². The van der Waals surface area contributed by atoms with Gasteiger partial charge in [-0.3, -0.25) is 4.79 Å². The van der Waals surface area contributed by atoms with E-state index < -0.39 is 5.41 Å². The Kier molecular flexibility index (Phi) is 3.26. The highest BCUT2D eigenvalue weighted by atomic mass is 16.2. The lowest BCUT2D eigenvalue weighted by Crippen LogP contribution is -2.36. The van der Waals surface area contributed by atoms with Gasteiger partial charge in [-0.1, -0.05) is 47.7 Å². The number of rotatable bonds is 0. The van der Waals surface area contributed by atoms with Crippen LogP contribution in [0.5, 0.6) is 0 Å². The van der Waals surface area contributed by atoms with Gasteiger partial charge in [0.05, 0.1) is 28.9 Å². The largest absolute Gasteiger partial charge is 0.306 e. The smallest absolute Gasteiger partial charge is 0.237 e. The summed E-state index contributed by atoms with van der Waals surface area (Å²) in [5.74, 6) is 0.142. The first-order valence-electron chi connectivity index (χ1n) is 9.71. The van der Waals surface area contributed by atoms with Crippen molar-refractivity contribution >= 4 is 11.6 Å². The molecule has 1 amide bonds. The standard InChI is InChI=1S/C23H24N4O/c1-22(2,3)27-20-16-11-8-12-17-19(16)26(21(28)23(17,4)5)13-14-9-6-7-10-15(14)18(20)24-25-27/h6-12H,13H2,1-5H3. The fourth-order valence-electron chi connectivity index (χ4n) is 4.47. The number of amides is 1. The predicted octanol–water partition coefficient (Wildman–Crippen LogP) is 4.50. The monoisotopic (exact) mass is 372 g/mol. The van der Waals surface area contributed by atoms with E-state index in [1.807, 2.05) is 41.6 Å². The molecule has 0 radical (unpaired) electrons. The van der Waals surface area contributed by atoms with Crippen molar-refractivity contribution in [3.05, 3.63) is 53.6 Å². The zero-order valence-electron chi connectivity index (χ0n) is 16.9. The molecule has 1 aromatic heterocycles. The minimum Gasteiger partial charge on any atom is -0.306 e. The van der Waals surface area contributed by atoms with Gasteiger partial charge in [-0.2, -0.15) is 0 Å². The summed E-state index contributed by atoms with van der Waals surface area (Å²) in [6.07, 6.45) is 0. The molecule has 3 aromatic rings. The molecule has 3 heterocycles. The molecule has 0 aliphatic carbocycles. The highest BCUT2D eigenvalue weighted by Crippen LogP contribution is 2.51. The second-order valence-corrected chi connectivity index (χ2v) is 9.24. The van der Waals surface area contributed by atoms with Gasteiger partial charge >= 0.3 is 0 Å². The zero-order chi connectivity index (χ0) is 19.8. The van der Waals surface area contributed by atoms with Gasteiger partial charge in [-0.25, -0.2) is 4.68 Å². The number of carbonyl (C=O) groups is 1. The molecular weight excluding hydrogens is 348 g/mol. The number of hydrogen-bond donors (Lipinski definition) is 0. The van der Waals surface area contributed by atoms with Crippen molar-refractivity contribution in [3.63, 3.8) is 0 Å². The molecule has 0 atom stereocenters. The zero-order valence-corrected chi connectivity index (χ0v) is 16.9. The molecule has 5 heteroatoms. The molecule has 0 spiro atoms. The van der Waals surface area contributed by atoms with Crippen LogP contribution in [-0.4, -0.2) is 20.9 Å². The number of nitrogens with zero attached hydrogens (tertiary/aromatic N) is 4. The van der Waals surface area contributed by atoms with Gasteiger partial charge in [0, 0.05) is 11.1 Å². The van der Waals surface area contributed by atoms with Crippen LogP contribution in [0, 0.1) is 0 Å². The highest BCUT2D eigenvalue weighted by molar-refractivity contribution is 6.11. The van der Waals surface area contributed by atoms with E-state index in [-0.39, 0.29) is 11.4 Å². The first-order chi connectivity index (χ1) is 13.2. The van der Waals surface area contributed by atoms with Crippen molar-refractivity contribution in [2.45, 2.75) is 52.1 Å². The van der Waals surface area contributed by atoms with Crippen LogP contribution in [0.2, 0.25) is 0 Å². The lowest BCUT2D eigenvalue weighted by Gasteiger charge is -2.27. The molecule has 2 aliphatic rings. The molecular formula is C23H24N4O. The number of anilines is 1. The molecule has 5 rings (SSSR count). The Morgan fingerprint density at radius 1 is 1.00 bits per heavy atom. The second-order valence-electron chi connectivity index (χ2n) is 9.24. The summed E-state index contributed by atoms with van der Waals surface area (Å²) in [5, 5.41) is 9.15. The minimum absolute atomic E-state index is 0.142. The van der Waals surface area contributed by atoms with Gasteiger partial charge in [-0.15, -0.1) is 5.10 Å². The number of hydrogen-bond acceptors (Lipinski definition) is 3. The van der Waals surface area contributed by atoms with Gasteiger partial charge in [0.25, 0.3) is 0 Å². The van der Waals surface area contributed by atoms with E-state index in [9.17, 15) is 4.79 Å². The Labute approximate surface area is 165 Å². The van der Waals surface area contributed by atoms with Crippen molar-refractivity contribution < 1.29 is 4.79 Å². The highest BCUT2D eigenvalue weighted by Gasteiger charge is 2.46. The summed E-state index contributed by atoms with van der Waals surface area (Å²) in [7, 11) is 0. The summed E-state index contributed by atoms with van der Waals surface area (Å²) in [5.41, 5.74) is 6.31. The number of fused-ring (bicyclic) bond motifs is 4. The number of para-hydroxylation sites is 1. The fourth-order valence-corrected chi connectivity index (χ4v) is 4.47. The predicted molar refractivity (Wildman–Crippen MR) is 110 cm³/mol. The lowest BCUT2D eigenvalue weighted by molar-refractivity contribution is -0.122. The van der Waals surface area contributed by atoms with Crippen LogP contribution in [0.4, 0.5) is 5.69 Å². The molecule has 0 saturated carbocycles. The summed E-state index contributed by atoms with van der Waals surface area (Å²) < 4.78 is 1.99. The van der Waals surface area contributed by atoms with E-state index in [0.717, 1.165) is 39.3 Å². The first-order valence-corrected chi connectivity index (χ1v) is 9.71. The molecule has 0 saturated heterocycles. The SMILES string of the molecule is CC1(C)C(=O)N2Cc3ccccc3-c3nnn(C(C)(C)C)c3-c3cccc1c32. The molecule has 142 valence electrons. The van der Waals surface area contributed by atoms with Crippen LogP contribution in [0.25, 0.3) is 22.5 Å². The molecule has 28 heavy (non-hydrogen) atoms. The first kappa shape index (κ1) is 17.2. The van der Waals surface area contributed by atoms with Crippen LogP contribution >= 0.6 is 0 Å². The number of carbonyl (C=O) groups excluding carboxylic acids is 1. The third-order valence-corrected chi connectivity index (χ3v) is 5.92. The average Bonchev–Trinajstić information content (AvgIpc) is 3.15. The van der Waals surface area contributed by atoms with E-state index in [1.165, 1.54) is 0 Å². The summed E-state index contributed by atoms with van der Waals surface area (Å²) in [6, 6.07) is 14.4. The molecule has 0 bridgehead atoms. The number of aromatic nitrogens is 3. The molecule has 2 aliphatic heterocycles. The van der Waals surface area contributed by atoms with Gasteiger partial charge in [0.2, 0.25) is 5.91 Å². The normalized spacial score (nSPS) is 16.9. The topological polar surface area (TPSA) is 51.0 Å². The maximum absolute atomic E-state index is 13.4. The van der Waals surface area contributed by atoms with Gasteiger partial charge < -0.3 is 4.90 Å². The molecule has 0 fully saturated rings. The Hall–Kier alpha value is -2.95. The molecule has 2 aromatic carbocycles. The Balaban J connectivity index is 1.95. The maximum atomic E-state index is 13.4. The maximum Gasteiger partial charge on any atom is 0.237 e. The Bertz CT molecular complexity index is 1130. The van der Waals surface area contributed by atoms with Crippen molar-refractivity contribution in [2.75, 3.05) is 4.90 Å². The van der Waals surface area contributed by atoms with Gasteiger partial charge in [0.1, 0.15) is 5.69 Å². The van der Waals surface area contributed by atoms with Crippen molar-refractivity contribution in [1.82, 2.24) is 15.0 Å². The quantitative estimate of drug-likeness (QED) is 0.584. The van der Waals surface area contributed by atoms with E-state index in [4.69, 9.17) is 0 Å². The molecule has 0 unspecified atom stereocenters. The van der Waals surface area contributed by atoms with Crippen LogP contribution in [0.1, 0.15) is 45.7 Å². The third-order valence-electron chi connectivity index (χ3n) is 5.92. The average molecular weight is 372 g/mol. The fraction of sp³-hybridized carbons (Fsp3) is 0.348. The summed E-state index contributed by atoms with van der Waals surface area (Å²) in [6.45, 7) is 11.0. The van der Waals surface area contributed by atoms with Crippen LogP contribution in [-0.2, 0) is 22.3 Å². The van der Waals surface area contributed by atoms with Crippen LogP contribution in [0.15, 0.2) is 42.5 Å². The van der Waals surface area contributed by atoms with E-state index in [0.29, 0.717) is 6.54 Å². The summed E-state index contributed by atoms with van der Waals surface area (Å²) in [4.78, 5) is 15.3. The molecule has 5 nitrogen and oxygen atoms in total. The number of benzene rings is 2. The van der Waals surface area contributed by atoms with Crippen molar-refractivity contribution in [1.29, 1.82) is 0 Å². The van der Waals surface area contributed by atoms with Crippen LogP contribution < -0.4 is 4.90 Å². The van der Waals surface area contributed by atoms with Gasteiger partial charge in [-0.05, 0) is 45.7 Å². The Morgan fingerprint density at radius 2 is 1.71 bits per heavy atom. The van der Waals surface area contributed by atoms with Crippen molar-refractivity contribution in [3.8, 4) is 22.5 Å². The Morgan fingerprint density at radius 3 is 2.46 bits per heavy atom. The van der Waals surface area contributed by atoms with E-state index in [2.05, 4.69) is 55.3 Å². The van der Waals surface area contributed by atoms with Crippen LogP contribution in [0.3, 0.4) is 0 Å². The van der Waals surface area contributed by atoms with E-state index >= 15 is 0 Å². The minimum atomic E-state index is -0.551.